The van der Waals surface area contributed by atoms with Gasteiger partial charge < -0.3 is 19.8 Å². The van der Waals surface area contributed by atoms with Crippen LogP contribution in [0.4, 0.5) is 0 Å². The van der Waals surface area contributed by atoms with Crippen LogP contribution in [-0.2, 0) is 4.74 Å². The van der Waals surface area contributed by atoms with Crippen molar-refractivity contribution in [1.29, 1.82) is 0 Å². The monoisotopic (exact) mass is 263 g/mol. The first-order valence-corrected chi connectivity index (χ1v) is 9.58. The van der Waals surface area contributed by atoms with Gasteiger partial charge in [0.15, 0.2) is 0 Å². The second-order valence-electron chi connectivity index (χ2n) is 5.62. The largest absolute Gasteiger partial charge is 0.392 e. The van der Waals surface area contributed by atoms with E-state index in [0.717, 1.165) is 6.23 Å². The zero-order chi connectivity index (χ0) is 13.4. The standard InChI is InChI=1S/C12H29NO3Si/c1-10(2)12(15)7-13(3)6-11(14)8-16-9-17(4)5/h10-12,14-15,17H,6-9H2,1-5H3. The van der Waals surface area contributed by atoms with Gasteiger partial charge in [-0.3, -0.25) is 0 Å². The summed E-state index contributed by atoms with van der Waals surface area (Å²) in [5.41, 5.74) is 0. The molecule has 2 atom stereocenters. The quantitative estimate of drug-likeness (QED) is 0.589. The average Bonchev–Trinajstić information content (AvgIpc) is 2.16. The van der Waals surface area contributed by atoms with Crippen LogP contribution in [0.1, 0.15) is 13.8 Å². The SMILES string of the molecule is CC(C)C(O)CN(C)CC(O)COC[SiH](C)C. The summed E-state index contributed by atoms with van der Waals surface area (Å²) in [7, 11) is 1.22. The van der Waals surface area contributed by atoms with E-state index in [4.69, 9.17) is 4.74 Å². The Morgan fingerprint density at radius 2 is 1.76 bits per heavy atom. The van der Waals surface area contributed by atoms with Crippen molar-refractivity contribution in [3.05, 3.63) is 0 Å². The van der Waals surface area contributed by atoms with E-state index < -0.39 is 14.9 Å². The number of ether oxygens (including phenoxy) is 1. The molecule has 0 aromatic carbocycles. The molecule has 17 heavy (non-hydrogen) atoms. The molecule has 5 heteroatoms. The van der Waals surface area contributed by atoms with Gasteiger partial charge in [0, 0.05) is 19.3 Å². The van der Waals surface area contributed by atoms with E-state index in [1.165, 1.54) is 0 Å². The molecule has 0 aliphatic carbocycles. The van der Waals surface area contributed by atoms with Gasteiger partial charge in [0.25, 0.3) is 0 Å². The Hall–Kier alpha value is 0.0569. The number of rotatable bonds is 9. The second kappa shape index (κ2) is 9.05. The molecule has 0 saturated heterocycles. The fourth-order valence-corrected chi connectivity index (χ4v) is 2.06. The third-order valence-electron chi connectivity index (χ3n) is 2.55. The molecular weight excluding hydrogens is 234 g/mol. The van der Waals surface area contributed by atoms with Crippen LogP contribution in [0.15, 0.2) is 0 Å². The molecule has 0 fully saturated rings. The Kier molecular flexibility index (Phi) is 9.08. The highest BCUT2D eigenvalue weighted by atomic mass is 28.3. The minimum absolute atomic E-state index is 0.248. The van der Waals surface area contributed by atoms with Crippen LogP contribution in [0.3, 0.4) is 0 Å². The van der Waals surface area contributed by atoms with Crippen molar-refractivity contribution in [2.45, 2.75) is 39.1 Å². The minimum Gasteiger partial charge on any atom is -0.392 e. The Labute approximate surface area is 107 Å². The Morgan fingerprint density at radius 1 is 1.18 bits per heavy atom. The van der Waals surface area contributed by atoms with Gasteiger partial charge in [0.1, 0.15) is 0 Å². The van der Waals surface area contributed by atoms with Crippen LogP contribution in [0, 0.1) is 5.92 Å². The first kappa shape index (κ1) is 17.1. The van der Waals surface area contributed by atoms with E-state index >= 15 is 0 Å². The molecule has 0 aliphatic heterocycles. The van der Waals surface area contributed by atoms with E-state index in [2.05, 4.69) is 13.1 Å². The van der Waals surface area contributed by atoms with Crippen LogP contribution in [0.25, 0.3) is 0 Å². The Balaban J connectivity index is 3.68. The molecule has 4 nitrogen and oxygen atoms in total. The lowest BCUT2D eigenvalue weighted by Gasteiger charge is -2.25. The van der Waals surface area contributed by atoms with Crippen molar-refractivity contribution in [2.24, 2.45) is 5.92 Å². The van der Waals surface area contributed by atoms with Crippen molar-refractivity contribution in [1.82, 2.24) is 4.90 Å². The first-order valence-electron chi connectivity index (χ1n) is 6.45. The summed E-state index contributed by atoms with van der Waals surface area (Å²) in [4.78, 5) is 1.95. The Bertz CT molecular complexity index is 191. The van der Waals surface area contributed by atoms with Crippen molar-refractivity contribution in [2.75, 3.05) is 33.0 Å². The highest BCUT2D eigenvalue weighted by Gasteiger charge is 2.14. The molecule has 2 N–H and O–H groups in total. The zero-order valence-electron chi connectivity index (χ0n) is 11.9. The van der Waals surface area contributed by atoms with Gasteiger partial charge in [-0.15, -0.1) is 0 Å². The van der Waals surface area contributed by atoms with Crippen LogP contribution in [0.2, 0.25) is 13.1 Å². The van der Waals surface area contributed by atoms with E-state index in [1.54, 1.807) is 0 Å². The molecule has 0 heterocycles. The molecular formula is C12H29NO3Si. The lowest BCUT2D eigenvalue weighted by atomic mass is 10.1. The molecule has 0 spiro atoms. The number of hydrogen-bond donors (Lipinski definition) is 2. The van der Waals surface area contributed by atoms with Crippen LogP contribution >= 0.6 is 0 Å². The lowest BCUT2D eigenvalue weighted by molar-refractivity contribution is 0.0199. The molecule has 0 aromatic heterocycles. The molecule has 0 amide bonds. The van der Waals surface area contributed by atoms with Gasteiger partial charge >= 0.3 is 0 Å². The van der Waals surface area contributed by atoms with Crippen LogP contribution in [0.5, 0.6) is 0 Å². The zero-order valence-corrected chi connectivity index (χ0v) is 13.0. The maximum Gasteiger partial charge on any atom is 0.0899 e. The summed E-state index contributed by atoms with van der Waals surface area (Å²) < 4.78 is 5.43. The molecule has 0 saturated carbocycles. The maximum absolute atomic E-state index is 9.75. The number of hydrogen-bond acceptors (Lipinski definition) is 4. The van der Waals surface area contributed by atoms with Crippen molar-refractivity contribution in [3.63, 3.8) is 0 Å². The maximum atomic E-state index is 9.75. The normalized spacial score (nSPS) is 15.9. The summed E-state index contributed by atoms with van der Waals surface area (Å²) in [5, 5.41) is 19.5. The van der Waals surface area contributed by atoms with Gasteiger partial charge in [0.2, 0.25) is 0 Å². The van der Waals surface area contributed by atoms with E-state index in [9.17, 15) is 10.2 Å². The third kappa shape index (κ3) is 9.73. The molecule has 0 radical (unpaired) electrons. The highest BCUT2D eigenvalue weighted by molar-refractivity contribution is 6.55. The number of aliphatic hydroxyl groups is 2. The second-order valence-corrected chi connectivity index (χ2v) is 8.74. The molecule has 0 rings (SSSR count). The fraction of sp³-hybridized carbons (Fsp3) is 1.00. The topological polar surface area (TPSA) is 52.9 Å². The van der Waals surface area contributed by atoms with Crippen molar-refractivity contribution in [3.8, 4) is 0 Å². The summed E-state index contributed by atoms with van der Waals surface area (Å²) in [6.45, 7) is 9.95. The van der Waals surface area contributed by atoms with E-state index in [1.807, 2.05) is 25.8 Å². The third-order valence-corrected chi connectivity index (χ3v) is 3.45. The summed E-state index contributed by atoms with van der Waals surface area (Å²) in [6.07, 6.45) is 0.0124. The van der Waals surface area contributed by atoms with Crippen LogP contribution in [-0.4, -0.2) is 69.1 Å². The van der Waals surface area contributed by atoms with Gasteiger partial charge in [-0.1, -0.05) is 26.9 Å². The summed E-state index contributed by atoms with van der Waals surface area (Å²) in [6, 6.07) is 0. The van der Waals surface area contributed by atoms with Gasteiger partial charge in [-0.2, -0.15) is 0 Å². The molecule has 0 aliphatic rings. The average molecular weight is 263 g/mol. The number of aliphatic hydroxyl groups excluding tert-OH is 2. The predicted octanol–water partition coefficient (Wildman–Crippen LogP) is 0.338. The van der Waals surface area contributed by atoms with Gasteiger partial charge in [0.05, 0.1) is 27.6 Å². The molecule has 0 aromatic rings. The van der Waals surface area contributed by atoms with Gasteiger partial charge in [-0.25, -0.2) is 0 Å². The van der Waals surface area contributed by atoms with E-state index in [0.29, 0.717) is 19.7 Å². The van der Waals surface area contributed by atoms with Crippen LogP contribution < -0.4 is 0 Å². The summed E-state index contributed by atoms with van der Waals surface area (Å²) in [5.74, 6) is 0.248. The van der Waals surface area contributed by atoms with Crippen molar-refractivity contribution < 1.29 is 14.9 Å². The smallest absolute Gasteiger partial charge is 0.0899 e. The Morgan fingerprint density at radius 3 is 2.24 bits per heavy atom. The minimum atomic E-state index is -0.689. The molecule has 104 valence electrons. The predicted molar refractivity (Wildman–Crippen MR) is 74.0 cm³/mol. The van der Waals surface area contributed by atoms with Gasteiger partial charge in [-0.05, 0) is 13.0 Å². The fourth-order valence-electron chi connectivity index (χ4n) is 1.46. The lowest BCUT2D eigenvalue weighted by Crippen LogP contribution is -2.38. The first-order chi connectivity index (χ1) is 7.82. The van der Waals surface area contributed by atoms with Crippen molar-refractivity contribution >= 4 is 8.80 Å². The molecule has 2 unspecified atom stereocenters. The number of nitrogens with zero attached hydrogens (tertiary/aromatic N) is 1. The highest BCUT2D eigenvalue weighted by Crippen LogP contribution is 2.03. The summed E-state index contributed by atoms with van der Waals surface area (Å²) >= 11 is 0. The molecule has 0 bridgehead atoms. The number of likely N-dealkylation sites (N-methyl/N-ethyl adjacent to an activating group) is 1. The van der Waals surface area contributed by atoms with E-state index in [-0.39, 0.29) is 12.0 Å².